The van der Waals surface area contributed by atoms with Gasteiger partial charge in [-0.2, -0.15) is 0 Å². The third kappa shape index (κ3) is 5.94. The van der Waals surface area contributed by atoms with Gasteiger partial charge in [-0.1, -0.05) is 13.8 Å². The van der Waals surface area contributed by atoms with Crippen LogP contribution < -0.4 is 5.32 Å². The van der Waals surface area contributed by atoms with Gasteiger partial charge in [-0.15, -0.1) is 0 Å². The zero-order valence-electron chi connectivity index (χ0n) is 15.9. The van der Waals surface area contributed by atoms with Crippen molar-refractivity contribution in [2.75, 3.05) is 26.8 Å². The highest BCUT2D eigenvalue weighted by atomic mass is 19.1. The molecule has 0 saturated heterocycles. The fraction of sp³-hybridized carbons (Fsp3) is 0.895. The Hall–Kier alpha value is -1.17. The number of ether oxygens (including phenoxy) is 1. The number of hydrogen-bond acceptors (Lipinski definition) is 3. The second-order valence-corrected chi connectivity index (χ2v) is 8.09. The first-order valence-electron chi connectivity index (χ1n) is 9.57. The third-order valence-corrected chi connectivity index (χ3v) is 5.46. The van der Waals surface area contributed by atoms with Crippen LogP contribution in [0.1, 0.15) is 58.8 Å². The van der Waals surface area contributed by atoms with Crippen molar-refractivity contribution >= 4 is 11.8 Å². The van der Waals surface area contributed by atoms with Crippen molar-refractivity contribution in [3.05, 3.63) is 0 Å². The summed E-state index contributed by atoms with van der Waals surface area (Å²) in [5, 5.41) is 2.96. The number of methoxy groups -OCH3 is 1. The zero-order valence-corrected chi connectivity index (χ0v) is 15.9. The van der Waals surface area contributed by atoms with Crippen LogP contribution in [-0.4, -0.2) is 55.7 Å². The lowest BCUT2D eigenvalue weighted by molar-refractivity contribution is -0.138. The molecular weight excluding hydrogens is 323 g/mol. The third-order valence-electron chi connectivity index (χ3n) is 5.46. The number of hydrogen-bond donors (Lipinski definition) is 1. The van der Waals surface area contributed by atoms with Crippen LogP contribution in [0.25, 0.3) is 0 Å². The molecule has 0 radical (unpaired) electrons. The number of rotatable bonds is 9. The molecule has 25 heavy (non-hydrogen) atoms. The molecule has 0 aromatic carbocycles. The average molecular weight is 356 g/mol. The summed E-state index contributed by atoms with van der Waals surface area (Å²) in [7, 11) is 1.63. The van der Waals surface area contributed by atoms with Crippen molar-refractivity contribution < 1.29 is 18.7 Å². The highest BCUT2D eigenvalue weighted by molar-refractivity contribution is 5.82. The summed E-state index contributed by atoms with van der Waals surface area (Å²) >= 11 is 0. The van der Waals surface area contributed by atoms with E-state index in [1.165, 1.54) is 0 Å². The molecule has 2 rings (SSSR count). The van der Waals surface area contributed by atoms with E-state index >= 15 is 0 Å². The predicted octanol–water partition coefficient (Wildman–Crippen LogP) is 2.68. The van der Waals surface area contributed by atoms with E-state index in [9.17, 15) is 14.0 Å². The number of nitrogens with zero attached hydrogens (tertiary/aromatic N) is 1. The van der Waals surface area contributed by atoms with Crippen molar-refractivity contribution in [1.82, 2.24) is 10.2 Å². The minimum absolute atomic E-state index is 0.00863. The Labute approximate surface area is 150 Å². The molecule has 0 aromatic rings. The van der Waals surface area contributed by atoms with Crippen LogP contribution in [0.4, 0.5) is 4.39 Å². The van der Waals surface area contributed by atoms with Crippen LogP contribution in [-0.2, 0) is 14.3 Å². The molecule has 0 bridgehead atoms. The van der Waals surface area contributed by atoms with Gasteiger partial charge in [0.2, 0.25) is 11.8 Å². The summed E-state index contributed by atoms with van der Waals surface area (Å²) in [6.45, 7) is 5.37. The van der Waals surface area contributed by atoms with Crippen molar-refractivity contribution in [1.29, 1.82) is 0 Å². The number of amides is 2. The van der Waals surface area contributed by atoms with Crippen LogP contribution in [0.2, 0.25) is 0 Å². The van der Waals surface area contributed by atoms with Crippen molar-refractivity contribution in [2.24, 2.45) is 11.3 Å². The number of nitrogens with one attached hydrogen (secondary N) is 1. The maximum Gasteiger partial charge on any atom is 0.225 e. The molecule has 144 valence electrons. The quantitative estimate of drug-likeness (QED) is 0.691. The molecule has 0 unspecified atom stereocenters. The van der Waals surface area contributed by atoms with Gasteiger partial charge >= 0.3 is 0 Å². The van der Waals surface area contributed by atoms with Crippen LogP contribution in [0, 0.1) is 11.3 Å². The molecule has 0 heterocycles. The van der Waals surface area contributed by atoms with Gasteiger partial charge in [-0.05, 0) is 44.9 Å². The lowest BCUT2D eigenvalue weighted by Crippen LogP contribution is -2.45. The highest BCUT2D eigenvalue weighted by Crippen LogP contribution is 2.32. The van der Waals surface area contributed by atoms with Gasteiger partial charge in [-0.25, -0.2) is 4.39 Å². The minimum Gasteiger partial charge on any atom is -0.385 e. The van der Waals surface area contributed by atoms with Crippen LogP contribution in [0.5, 0.6) is 0 Å². The maximum absolute atomic E-state index is 13.3. The minimum atomic E-state index is -0.743. The van der Waals surface area contributed by atoms with E-state index in [1.54, 1.807) is 7.11 Å². The Morgan fingerprint density at radius 3 is 2.36 bits per heavy atom. The summed E-state index contributed by atoms with van der Waals surface area (Å²) in [6, 6.07) is 0.314. The predicted molar refractivity (Wildman–Crippen MR) is 94.9 cm³/mol. The molecule has 6 heteroatoms. The normalized spacial score (nSPS) is 24.0. The van der Waals surface area contributed by atoms with Crippen molar-refractivity contribution in [2.45, 2.75) is 71.0 Å². The van der Waals surface area contributed by atoms with Crippen LogP contribution in [0.3, 0.4) is 0 Å². The zero-order chi connectivity index (χ0) is 18.4. The maximum atomic E-state index is 13.3. The summed E-state index contributed by atoms with van der Waals surface area (Å²) in [5.74, 6) is 0.106. The summed E-state index contributed by atoms with van der Waals surface area (Å²) in [4.78, 5) is 27.0. The second-order valence-electron chi connectivity index (χ2n) is 8.09. The van der Waals surface area contributed by atoms with E-state index in [-0.39, 0.29) is 17.7 Å². The Balaban J connectivity index is 1.80. The standard InChI is InChI=1S/C19H33FN2O3/c1-19(2,10-13-25-3)18(24)21-11-12-22(16-8-9-16)17(23)14-4-6-15(20)7-5-14/h14-16H,4-13H2,1-3H3,(H,21,24). The number of alkyl halides is 1. The van der Waals surface area contributed by atoms with Crippen LogP contribution >= 0.6 is 0 Å². The molecule has 0 aromatic heterocycles. The second kappa shape index (κ2) is 8.97. The Kier molecular flexibility index (Phi) is 7.23. The van der Waals surface area contributed by atoms with E-state index in [0.29, 0.717) is 57.8 Å². The topological polar surface area (TPSA) is 58.6 Å². The lowest BCUT2D eigenvalue weighted by Gasteiger charge is -2.31. The number of halogens is 1. The molecule has 2 amide bonds. The average Bonchev–Trinajstić information content (AvgIpc) is 3.41. The van der Waals surface area contributed by atoms with Crippen LogP contribution in [0.15, 0.2) is 0 Å². The monoisotopic (exact) mass is 356 g/mol. The molecular formula is C19H33FN2O3. The molecule has 0 spiro atoms. The van der Waals surface area contributed by atoms with Gasteiger partial charge in [0.15, 0.2) is 0 Å². The SMILES string of the molecule is COCCC(C)(C)C(=O)NCCN(C(=O)C1CCC(F)CC1)C1CC1. The Morgan fingerprint density at radius 2 is 1.80 bits per heavy atom. The van der Waals surface area contributed by atoms with E-state index in [2.05, 4.69) is 5.32 Å². The lowest BCUT2D eigenvalue weighted by atomic mass is 9.87. The van der Waals surface area contributed by atoms with E-state index in [1.807, 2.05) is 18.7 Å². The first kappa shape index (κ1) is 20.1. The first-order valence-corrected chi connectivity index (χ1v) is 9.57. The van der Waals surface area contributed by atoms with E-state index in [4.69, 9.17) is 4.74 Å². The molecule has 2 fully saturated rings. The van der Waals surface area contributed by atoms with Gasteiger partial charge in [0.25, 0.3) is 0 Å². The molecule has 0 atom stereocenters. The summed E-state index contributed by atoms with van der Waals surface area (Å²) in [6.07, 6.45) is 4.30. The molecule has 2 aliphatic carbocycles. The Bertz CT molecular complexity index is 458. The van der Waals surface area contributed by atoms with E-state index < -0.39 is 11.6 Å². The Morgan fingerprint density at radius 1 is 1.16 bits per heavy atom. The van der Waals surface area contributed by atoms with E-state index in [0.717, 1.165) is 12.8 Å². The summed E-state index contributed by atoms with van der Waals surface area (Å²) in [5.41, 5.74) is -0.482. The number of carbonyl (C=O) groups excluding carboxylic acids is 2. The van der Waals surface area contributed by atoms with Gasteiger partial charge in [-0.3, -0.25) is 9.59 Å². The molecule has 2 saturated carbocycles. The first-order chi connectivity index (χ1) is 11.8. The highest BCUT2D eigenvalue weighted by Gasteiger charge is 2.37. The fourth-order valence-electron chi connectivity index (χ4n) is 3.39. The van der Waals surface area contributed by atoms with Crippen molar-refractivity contribution in [3.8, 4) is 0 Å². The molecule has 5 nitrogen and oxygen atoms in total. The van der Waals surface area contributed by atoms with Gasteiger partial charge in [0.05, 0.1) is 0 Å². The summed E-state index contributed by atoms with van der Waals surface area (Å²) < 4.78 is 18.4. The van der Waals surface area contributed by atoms with Gasteiger partial charge < -0.3 is 15.0 Å². The number of carbonyl (C=O) groups is 2. The molecule has 2 aliphatic rings. The van der Waals surface area contributed by atoms with Gasteiger partial charge in [0.1, 0.15) is 6.17 Å². The largest absolute Gasteiger partial charge is 0.385 e. The van der Waals surface area contributed by atoms with Gasteiger partial charge in [0, 0.05) is 44.2 Å². The molecule has 1 N–H and O–H groups in total. The fourth-order valence-corrected chi connectivity index (χ4v) is 3.39. The molecule has 0 aliphatic heterocycles. The van der Waals surface area contributed by atoms with Crippen molar-refractivity contribution in [3.63, 3.8) is 0 Å². The smallest absolute Gasteiger partial charge is 0.225 e.